The van der Waals surface area contributed by atoms with Crippen LogP contribution in [0.4, 0.5) is 0 Å². The highest BCUT2D eigenvalue weighted by Crippen LogP contribution is 1.88. The summed E-state index contributed by atoms with van der Waals surface area (Å²) in [5, 5.41) is 8.22. The summed E-state index contributed by atoms with van der Waals surface area (Å²) in [6, 6.07) is 0. The van der Waals surface area contributed by atoms with Gasteiger partial charge in [0.2, 0.25) is 0 Å². The zero-order valence-electron chi connectivity index (χ0n) is 5.31. The standard InChI is InChI=1S/C6H10N2/c1-6(2)4-8(3)5-7/h1,4H2,2-3H3. The van der Waals surface area contributed by atoms with Gasteiger partial charge in [-0.05, 0) is 6.92 Å². The Bertz CT molecular complexity index is 121. The molecule has 0 saturated heterocycles. The van der Waals surface area contributed by atoms with Gasteiger partial charge in [-0.1, -0.05) is 12.2 Å². The molecule has 0 amide bonds. The predicted octanol–water partition coefficient (Wildman–Crippen LogP) is 0.975. The van der Waals surface area contributed by atoms with Crippen LogP contribution in [0.5, 0.6) is 0 Å². The number of nitrogens with zero attached hydrogens (tertiary/aromatic N) is 2. The molecule has 0 aliphatic rings. The summed E-state index contributed by atoms with van der Waals surface area (Å²) in [6.45, 7) is 6.21. The first-order valence-corrected chi connectivity index (χ1v) is 2.42. The fraction of sp³-hybridized carbons (Fsp3) is 0.500. The number of likely N-dealkylation sites (N-methyl/N-ethyl adjacent to an activating group) is 1. The SMILES string of the molecule is C=C(C)CN(C)C#N. The second-order valence-corrected chi connectivity index (χ2v) is 1.91. The average molecular weight is 110 g/mol. The summed E-state index contributed by atoms with van der Waals surface area (Å²) < 4.78 is 0. The van der Waals surface area contributed by atoms with E-state index in [1.165, 1.54) is 4.90 Å². The van der Waals surface area contributed by atoms with Gasteiger partial charge in [0.25, 0.3) is 0 Å². The Morgan fingerprint density at radius 1 is 1.88 bits per heavy atom. The molecule has 2 nitrogen and oxygen atoms in total. The van der Waals surface area contributed by atoms with Crippen molar-refractivity contribution >= 4 is 0 Å². The number of rotatable bonds is 2. The summed E-state index contributed by atoms with van der Waals surface area (Å²) in [6.07, 6.45) is 1.97. The molecule has 0 aliphatic heterocycles. The monoisotopic (exact) mass is 110 g/mol. The van der Waals surface area contributed by atoms with Gasteiger partial charge in [0.05, 0.1) is 0 Å². The summed E-state index contributed by atoms with van der Waals surface area (Å²) in [4.78, 5) is 1.53. The minimum absolute atomic E-state index is 0.663. The first-order chi connectivity index (χ1) is 3.66. The zero-order valence-corrected chi connectivity index (χ0v) is 5.31. The molecule has 0 radical (unpaired) electrons. The number of nitriles is 1. The van der Waals surface area contributed by atoms with E-state index in [2.05, 4.69) is 6.58 Å². The Morgan fingerprint density at radius 2 is 2.38 bits per heavy atom. The van der Waals surface area contributed by atoms with E-state index in [1.807, 2.05) is 13.1 Å². The highest BCUT2D eigenvalue weighted by atomic mass is 15.1. The Balaban J connectivity index is 3.43. The molecule has 0 saturated carbocycles. The highest BCUT2D eigenvalue weighted by Gasteiger charge is 1.89. The lowest BCUT2D eigenvalue weighted by Gasteiger charge is -2.05. The quantitative estimate of drug-likeness (QED) is 0.301. The molecular weight excluding hydrogens is 100 g/mol. The molecular formula is C6H10N2. The molecule has 0 spiro atoms. The summed E-state index contributed by atoms with van der Waals surface area (Å²) in [5.74, 6) is 0. The van der Waals surface area contributed by atoms with Gasteiger partial charge in [0.1, 0.15) is 0 Å². The topological polar surface area (TPSA) is 27.0 Å². The van der Waals surface area contributed by atoms with Gasteiger partial charge in [0.15, 0.2) is 6.19 Å². The van der Waals surface area contributed by atoms with Crippen LogP contribution in [0.3, 0.4) is 0 Å². The van der Waals surface area contributed by atoms with Crippen molar-refractivity contribution in [3.8, 4) is 6.19 Å². The Morgan fingerprint density at radius 3 is 2.50 bits per heavy atom. The maximum absolute atomic E-state index is 8.22. The summed E-state index contributed by atoms with van der Waals surface area (Å²) in [5.41, 5.74) is 1.01. The summed E-state index contributed by atoms with van der Waals surface area (Å²) in [7, 11) is 1.73. The maximum Gasteiger partial charge on any atom is 0.179 e. The molecule has 0 aromatic carbocycles. The largest absolute Gasteiger partial charge is 0.310 e. The van der Waals surface area contributed by atoms with Crippen LogP contribution in [0.2, 0.25) is 0 Å². The van der Waals surface area contributed by atoms with E-state index in [0.29, 0.717) is 6.54 Å². The van der Waals surface area contributed by atoms with Crippen molar-refractivity contribution < 1.29 is 0 Å². The van der Waals surface area contributed by atoms with Gasteiger partial charge in [0, 0.05) is 13.6 Å². The first-order valence-electron chi connectivity index (χ1n) is 2.42. The molecule has 0 rings (SSSR count). The normalized spacial score (nSPS) is 7.62. The van der Waals surface area contributed by atoms with E-state index in [4.69, 9.17) is 5.26 Å². The second-order valence-electron chi connectivity index (χ2n) is 1.91. The average Bonchev–Trinajstić information content (AvgIpc) is 1.65. The summed E-state index contributed by atoms with van der Waals surface area (Å²) >= 11 is 0. The third kappa shape index (κ3) is 3.23. The minimum Gasteiger partial charge on any atom is -0.310 e. The van der Waals surface area contributed by atoms with Crippen molar-refractivity contribution in [2.75, 3.05) is 13.6 Å². The van der Waals surface area contributed by atoms with Crippen LogP contribution < -0.4 is 0 Å². The van der Waals surface area contributed by atoms with Gasteiger partial charge < -0.3 is 4.90 Å². The zero-order chi connectivity index (χ0) is 6.57. The van der Waals surface area contributed by atoms with Crippen LogP contribution in [0.1, 0.15) is 6.92 Å². The molecule has 0 aromatic heterocycles. The van der Waals surface area contributed by atoms with Crippen molar-refractivity contribution in [2.45, 2.75) is 6.92 Å². The van der Waals surface area contributed by atoms with Crippen LogP contribution in [0, 0.1) is 11.5 Å². The molecule has 0 atom stereocenters. The first kappa shape index (κ1) is 7.03. The molecule has 8 heavy (non-hydrogen) atoms. The van der Waals surface area contributed by atoms with Gasteiger partial charge in [-0.3, -0.25) is 0 Å². The van der Waals surface area contributed by atoms with Crippen LogP contribution in [0.25, 0.3) is 0 Å². The Labute approximate surface area is 50.0 Å². The van der Waals surface area contributed by atoms with Crippen molar-refractivity contribution in [3.63, 3.8) is 0 Å². The lowest BCUT2D eigenvalue weighted by Crippen LogP contribution is -2.12. The predicted molar refractivity (Wildman–Crippen MR) is 33.1 cm³/mol. The van der Waals surface area contributed by atoms with Crippen LogP contribution in [-0.4, -0.2) is 18.5 Å². The van der Waals surface area contributed by atoms with Crippen molar-refractivity contribution in [2.24, 2.45) is 0 Å². The van der Waals surface area contributed by atoms with Crippen molar-refractivity contribution in [1.82, 2.24) is 4.90 Å². The number of hydrogen-bond donors (Lipinski definition) is 0. The molecule has 0 heterocycles. The molecule has 44 valence electrons. The van der Waals surface area contributed by atoms with E-state index in [9.17, 15) is 0 Å². The van der Waals surface area contributed by atoms with Crippen LogP contribution in [-0.2, 0) is 0 Å². The Kier molecular flexibility index (Phi) is 2.71. The lowest BCUT2D eigenvalue weighted by molar-refractivity contribution is 0.517. The molecule has 0 unspecified atom stereocenters. The van der Waals surface area contributed by atoms with Crippen molar-refractivity contribution in [3.05, 3.63) is 12.2 Å². The lowest BCUT2D eigenvalue weighted by atomic mass is 10.3. The van der Waals surface area contributed by atoms with Gasteiger partial charge in [-0.15, -0.1) is 0 Å². The fourth-order valence-corrected chi connectivity index (χ4v) is 0.440. The highest BCUT2D eigenvalue weighted by molar-refractivity contribution is 4.93. The molecule has 0 aliphatic carbocycles. The second kappa shape index (κ2) is 3.09. The molecule has 0 fully saturated rings. The van der Waals surface area contributed by atoms with Crippen LogP contribution >= 0.6 is 0 Å². The Hall–Kier alpha value is -0.970. The van der Waals surface area contributed by atoms with Crippen LogP contribution in [0.15, 0.2) is 12.2 Å². The minimum atomic E-state index is 0.663. The molecule has 0 aromatic rings. The van der Waals surface area contributed by atoms with Gasteiger partial charge in [-0.25, -0.2) is 0 Å². The van der Waals surface area contributed by atoms with E-state index >= 15 is 0 Å². The molecule has 0 N–H and O–H groups in total. The van der Waals surface area contributed by atoms with Gasteiger partial charge in [-0.2, -0.15) is 5.26 Å². The third-order valence-electron chi connectivity index (χ3n) is 0.678. The maximum atomic E-state index is 8.22. The van der Waals surface area contributed by atoms with E-state index in [1.54, 1.807) is 7.05 Å². The van der Waals surface area contributed by atoms with E-state index in [0.717, 1.165) is 5.57 Å². The third-order valence-corrected chi connectivity index (χ3v) is 0.678. The number of hydrogen-bond acceptors (Lipinski definition) is 2. The van der Waals surface area contributed by atoms with E-state index in [-0.39, 0.29) is 0 Å². The van der Waals surface area contributed by atoms with Crippen molar-refractivity contribution in [1.29, 1.82) is 5.26 Å². The van der Waals surface area contributed by atoms with E-state index < -0.39 is 0 Å². The smallest absolute Gasteiger partial charge is 0.179 e. The molecule has 2 heteroatoms. The molecule has 0 bridgehead atoms. The fourth-order valence-electron chi connectivity index (χ4n) is 0.440. The van der Waals surface area contributed by atoms with Gasteiger partial charge >= 0.3 is 0 Å².